The molecule has 1 aliphatic heterocycles. The van der Waals surface area contributed by atoms with Crippen LogP contribution in [0, 0.1) is 5.92 Å². The smallest absolute Gasteiger partial charge is 0.154 e. The van der Waals surface area contributed by atoms with E-state index in [1.165, 1.54) is 11.1 Å². The van der Waals surface area contributed by atoms with Crippen molar-refractivity contribution in [2.75, 3.05) is 6.61 Å². The van der Waals surface area contributed by atoms with Crippen LogP contribution in [0.15, 0.2) is 18.2 Å². The molecule has 1 aromatic carbocycles. The van der Waals surface area contributed by atoms with Crippen LogP contribution in [0.4, 0.5) is 0 Å². The Balaban J connectivity index is 1.91. The first-order chi connectivity index (χ1) is 7.27. The normalized spacial score (nSPS) is 27.7. The summed E-state index contributed by atoms with van der Waals surface area (Å²) in [5.41, 5.74) is 2.52. The summed E-state index contributed by atoms with van der Waals surface area (Å²) in [6.45, 7) is 0.755. The zero-order chi connectivity index (χ0) is 10.4. The molecule has 15 heavy (non-hydrogen) atoms. The average Bonchev–Trinajstić information content (AvgIpc) is 2.87. The van der Waals surface area contributed by atoms with Gasteiger partial charge in [0.15, 0.2) is 6.29 Å². The minimum atomic E-state index is -1.17. The predicted octanol–water partition coefficient (Wildman–Crippen LogP) is 1.04. The molecule has 1 fully saturated rings. The lowest BCUT2D eigenvalue weighted by Gasteiger charge is -2.07. The molecule has 2 unspecified atom stereocenters. The van der Waals surface area contributed by atoms with Crippen LogP contribution in [0.5, 0.6) is 5.75 Å². The summed E-state index contributed by atoms with van der Waals surface area (Å²) in [7, 11) is 0. The van der Waals surface area contributed by atoms with E-state index in [1.54, 1.807) is 0 Å². The number of aliphatic hydroxyl groups is 2. The van der Waals surface area contributed by atoms with Crippen LogP contribution in [0.2, 0.25) is 0 Å². The highest BCUT2D eigenvalue weighted by molar-refractivity contribution is 5.46. The minimum Gasteiger partial charge on any atom is -0.493 e. The number of rotatable bonds is 2. The quantitative estimate of drug-likeness (QED) is 0.711. The molecule has 0 amide bonds. The minimum absolute atomic E-state index is 0.0251. The molecule has 0 bridgehead atoms. The molecule has 0 saturated heterocycles. The third-order valence-corrected chi connectivity index (χ3v) is 3.40. The van der Waals surface area contributed by atoms with E-state index < -0.39 is 6.29 Å². The van der Waals surface area contributed by atoms with Gasteiger partial charge in [0.2, 0.25) is 0 Å². The lowest BCUT2D eigenvalue weighted by molar-refractivity contribution is -0.0577. The van der Waals surface area contributed by atoms with Crippen LogP contribution in [0.1, 0.15) is 23.5 Å². The predicted molar refractivity (Wildman–Crippen MR) is 54.7 cm³/mol. The molecule has 0 spiro atoms. The van der Waals surface area contributed by atoms with Gasteiger partial charge in [-0.1, -0.05) is 12.1 Å². The van der Waals surface area contributed by atoms with Crippen molar-refractivity contribution in [1.29, 1.82) is 0 Å². The van der Waals surface area contributed by atoms with Crippen LogP contribution in [0.3, 0.4) is 0 Å². The first kappa shape index (κ1) is 9.19. The van der Waals surface area contributed by atoms with Crippen molar-refractivity contribution >= 4 is 0 Å². The van der Waals surface area contributed by atoms with E-state index in [2.05, 4.69) is 6.07 Å². The third kappa shape index (κ3) is 1.43. The topological polar surface area (TPSA) is 49.7 Å². The van der Waals surface area contributed by atoms with Gasteiger partial charge in [-0.3, -0.25) is 0 Å². The van der Waals surface area contributed by atoms with E-state index in [0.717, 1.165) is 25.2 Å². The van der Waals surface area contributed by atoms with Crippen LogP contribution >= 0.6 is 0 Å². The number of hydrogen-bond donors (Lipinski definition) is 2. The maximum Gasteiger partial charge on any atom is 0.154 e. The van der Waals surface area contributed by atoms with Crippen molar-refractivity contribution < 1.29 is 14.9 Å². The standard InChI is InChI=1S/C12H14O3/c13-12(14)10-6-9(10)7-2-1-3-11-8(7)4-5-15-11/h1-3,9-10,12-14H,4-6H2. The Hall–Kier alpha value is -1.06. The van der Waals surface area contributed by atoms with E-state index in [-0.39, 0.29) is 5.92 Å². The molecule has 2 atom stereocenters. The molecule has 1 aliphatic carbocycles. The summed E-state index contributed by atoms with van der Waals surface area (Å²) >= 11 is 0. The Labute approximate surface area is 88.3 Å². The summed E-state index contributed by atoms with van der Waals surface area (Å²) in [6, 6.07) is 6.05. The number of ether oxygens (including phenoxy) is 1. The molecular formula is C12H14O3. The SMILES string of the molecule is OC(O)C1CC1c1cccc2c1CCO2. The number of fused-ring (bicyclic) bond motifs is 1. The Morgan fingerprint density at radius 3 is 2.93 bits per heavy atom. The van der Waals surface area contributed by atoms with Gasteiger partial charge in [0.25, 0.3) is 0 Å². The molecule has 80 valence electrons. The lowest BCUT2D eigenvalue weighted by atomic mass is 10.00. The summed E-state index contributed by atoms with van der Waals surface area (Å²) in [6.07, 6.45) is 0.665. The Bertz CT molecular complexity index is 386. The second-order valence-electron chi connectivity index (χ2n) is 4.34. The van der Waals surface area contributed by atoms with Gasteiger partial charge < -0.3 is 14.9 Å². The molecule has 0 aromatic heterocycles. The van der Waals surface area contributed by atoms with E-state index in [4.69, 9.17) is 14.9 Å². The van der Waals surface area contributed by atoms with Crippen molar-refractivity contribution in [2.24, 2.45) is 5.92 Å². The summed E-state index contributed by atoms with van der Waals surface area (Å²) < 4.78 is 5.49. The fourth-order valence-corrected chi connectivity index (χ4v) is 2.50. The molecular weight excluding hydrogens is 192 g/mol. The second-order valence-corrected chi connectivity index (χ2v) is 4.34. The number of aliphatic hydroxyl groups excluding tert-OH is 1. The van der Waals surface area contributed by atoms with Gasteiger partial charge in [0.1, 0.15) is 5.75 Å². The summed E-state index contributed by atoms with van der Waals surface area (Å²) in [5.74, 6) is 1.32. The first-order valence-corrected chi connectivity index (χ1v) is 5.38. The van der Waals surface area contributed by atoms with Gasteiger partial charge in [-0.2, -0.15) is 0 Å². The second kappa shape index (κ2) is 3.22. The van der Waals surface area contributed by atoms with Gasteiger partial charge in [-0.25, -0.2) is 0 Å². The van der Waals surface area contributed by atoms with Crippen molar-refractivity contribution in [1.82, 2.24) is 0 Å². The van der Waals surface area contributed by atoms with Crippen molar-refractivity contribution in [2.45, 2.75) is 25.0 Å². The van der Waals surface area contributed by atoms with Gasteiger partial charge in [0.05, 0.1) is 6.61 Å². The molecule has 3 nitrogen and oxygen atoms in total. The first-order valence-electron chi connectivity index (χ1n) is 5.38. The molecule has 3 heteroatoms. The maximum atomic E-state index is 9.10. The van der Waals surface area contributed by atoms with Crippen molar-refractivity contribution in [3.63, 3.8) is 0 Å². The zero-order valence-corrected chi connectivity index (χ0v) is 8.39. The lowest BCUT2D eigenvalue weighted by Crippen LogP contribution is -2.08. The molecule has 2 aliphatic rings. The fraction of sp³-hybridized carbons (Fsp3) is 0.500. The van der Waals surface area contributed by atoms with E-state index >= 15 is 0 Å². The van der Waals surface area contributed by atoms with Crippen LogP contribution in [-0.4, -0.2) is 23.1 Å². The fourth-order valence-electron chi connectivity index (χ4n) is 2.50. The Morgan fingerprint density at radius 1 is 1.33 bits per heavy atom. The van der Waals surface area contributed by atoms with Gasteiger partial charge in [-0.05, 0) is 24.0 Å². The highest BCUT2D eigenvalue weighted by atomic mass is 16.5. The van der Waals surface area contributed by atoms with E-state index in [1.807, 2.05) is 12.1 Å². The Kier molecular flexibility index (Phi) is 1.97. The average molecular weight is 206 g/mol. The third-order valence-electron chi connectivity index (χ3n) is 3.40. The molecule has 1 aromatic rings. The summed E-state index contributed by atoms with van der Waals surface area (Å²) in [5, 5.41) is 18.2. The van der Waals surface area contributed by atoms with Gasteiger partial charge in [-0.15, -0.1) is 0 Å². The Morgan fingerprint density at radius 2 is 2.20 bits per heavy atom. The largest absolute Gasteiger partial charge is 0.493 e. The van der Waals surface area contributed by atoms with Crippen molar-refractivity contribution in [3.05, 3.63) is 29.3 Å². The van der Waals surface area contributed by atoms with Crippen LogP contribution in [0.25, 0.3) is 0 Å². The van der Waals surface area contributed by atoms with E-state index in [9.17, 15) is 0 Å². The molecule has 1 heterocycles. The number of benzene rings is 1. The number of hydrogen-bond acceptors (Lipinski definition) is 3. The highest BCUT2D eigenvalue weighted by Gasteiger charge is 2.44. The zero-order valence-electron chi connectivity index (χ0n) is 8.39. The molecule has 3 rings (SSSR count). The summed E-state index contributed by atoms with van der Waals surface area (Å²) in [4.78, 5) is 0. The van der Waals surface area contributed by atoms with Gasteiger partial charge >= 0.3 is 0 Å². The maximum absolute atomic E-state index is 9.10. The molecule has 1 saturated carbocycles. The van der Waals surface area contributed by atoms with Crippen molar-refractivity contribution in [3.8, 4) is 5.75 Å². The van der Waals surface area contributed by atoms with Gasteiger partial charge in [0, 0.05) is 17.9 Å². The monoisotopic (exact) mass is 206 g/mol. The molecule has 2 N–H and O–H groups in total. The van der Waals surface area contributed by atoms with E-state index in [0.29, 0.717) is 5.92 Å². The van der Waals surface area contributed by atoms with Crippen LogP contribution in [-0.2, 0) is 6.42 Å². The molecule has 0 radical (unpaired) electrons. The van der Waals surface area contributed by atoms with Crippen LogP contribution < -0.4 is 4.74 Å². The highest BCUT2D eigenvalue weighted by Crippen LogP contribution is 2.51.